The fourth-order valence-electron chi connectivity index (χ4n) is 6.22. The van der Waals surface area contributed by atoms with Crippen LogP contribution >= 0.6 is 0 Å². The van der Waals surface area contributed by atoms with Gasteiger partial charge in [-0.2, -0.15) is 4.98 Å². The number of hydrogen-bond donors (Lipinski definition) is 5. The molecule has 2 aromatic rings. The molecule has 2 aliphatic carbocycles. The van der Waals surface area contributed by atoms with E-state index in [1.54, 1.807) is 12.1 Å². The lowest BCUT2D eigenvalue weighted by molar-refractivity contribution is 0.185. The summed E-state index contributed by atoms with van der Waals surface area (Å²) in [6.07, 6.45) is 12.1. The van der Waals surface area contributed by atoms with Crippen molar-refractivity contribution < 1.29 is 9.50 Å². The van der Waals surface area contributed by atoms with Gasteiger partial charge < -0.3 is 26.8 Å². The first kappa shape index (κ1) is 27.6. The van der Waals surface area contributed by atoms with Gasteiger partial charge in [-0.15, -0.1) is 0 Å². The van der Waals surface area contributed by atoms with E-state index in [9.17, 15) is 9.50 Å². The first-order valence-corrected chi connectivity index (χ1v) is 14.2. The fraction of sp³-hybridized carbons (Fsp3) is 0.655. The third-order valence-electron chi connectivity index (χ3n) is 8.19. The van der Waals surface area contributed by atoms with Crippen LogP contribution in [0.1, 0.15) is 70.3 Å². The van der Waals surface area contributed by atoms with Gasteiger partial charge in [0.15, 0.2) is 11.6 Å². The summed E-state index contributed by atoms with van der Waals surface area (Å²) in [5, 5.41) is 20.1. The Balaban J connectivity index is 1.28. The van der Waals surface area contributed by atoms with Crippen LogP contribution in [-0.2, 0) is 6.54 Å². The van der Waals surface area contributed by atoms with E-state index in [1.807, 2.05) is 12.1 Å². The maximum absolute atomic E-state index is 14.5. The molecule has 1 aromatic carbocycles. The van der Waals surface area contributed by atoms with E-state index in [4.69, 9.17) is 5.73 Å². The van der Waals surface area contributed by atoms with Gasteiger partial charge in [-0.05, 0) is 87.8 Å². The van der Waals surface area contributed by atoms with E-state index in [1.165, 1.54) is 44.7 Å². The van der Waals surface area contributed by atoms with Gasteiger partial charge in [0.05, 0.1) is 6.20 Å². The maximum atomic E-state index is 14.5. The zero-order chi connectivity index (χ0) is 26.0. The van der Waals surface area contributed by atoms with Gasteiger partial charge in [0.25, 0.3) is 0 Å². The smallest absolute Gasteiger partial charge is 0.225 e. The summed E-state index contributed by atoms with van der Waals surface area (Å²) >= 11 is 0. The number of phenols is 1. The molecule has 204 valence electrons. The number of nitrogens with two attached hydrogens (primary N) is 1. The molecule has 37 heavy (non-hydrogen) atoms. The number of rotatable bonds is 12. The van der Waals surface area contributed by atoms with Crippen LogP contribution in [0.5, 0.6) is 5.75 Å². The molecule has 8 heteroatoms. The highest BCUT2D eigenvalue weighted by molar-refractivity contribution is 5.42. The standard InChI is InChI=1S/C29H45FN6O/c1-2-5-21-12-22(16-32-15-20-8-10-25(31)11-9-20)14-23(13-21)17-33-28-26(30)19-35-29(36-28)34-18-24-6-3-4-7-27(24)37/h3-4,6-7,19-23,25,32,37H,2,5,8-18,31H2,1H3,(H2,33,34,35,36)/t20?,21?,22-,23-,25?/m1/s1. The average molecular weight is 513 g/mol. The molecule has 7 nitrogen and oxygen atoms in total. The molecule has 3 atom stereocenters. The molecule has 4 rings (SSSR count). The predicted molar refractivity (Wildman–Crippen MR) is 148 cm³/mol. The molecule has 0 saturated heterocycles. The van der Waals surface area contributed by atoms with Crippen molar-refractivity contribution in [3.05, 3.63) is 41.8 Å². The highest BCUT2D eigenvalue weighted by Crippen LogP contribution is 2.36. The van der Waals surface area contributed by atoms with Crippen LogP contribution in [-0.4, -0.2) is 40.8 Å². The van der Waals surface area contributed by atoms with E-state index in [0.717, 1.165) is 49.8 Å². The van der Waals surface area contributed by atoms with Gasteiger partial charge in [-0.3, -0.25) is 0 Å². The normalized spacial score (nSPS) is 26.1. The molecule has 0 aliphatic heterocycles. The second-order valence-corrected chi connectivity index (χ2v) is 11.3. The van der Waals surface area contributed by atoms with Gasteiger partial charge in [-0.1, -0.05) is 38.0 Å². The average Bonchev–Trinajstić information content (AvgIpc) is 2.89. The van der Waals surface area contributed by atoms with Crippen molar-refractivity contribution in [1.29, 1.82) is 0 Å². The van der Waals surface area contributed by atoms with Gasteiger partial charge in [0.1, 0.15) is 5.75 Å². The summed E-state index contributed by atoms with van der Waals surface area (Å²) in [4.78, 5) is 8.44. The third kappa shape index (κ3) is 8.54. The lowest BCUT2D eigenvalue weighted by atomic mass is 9.73. The van der Waals surface area contributed by atoms with E-state index < -0.39 is 5.82 Å². The second-order valence-electron chi connectivity index (χ2n) is 11.3. The molecule has 2 aliphatic rings. The Hall–Kier alpha value is -2.45. The van der Waals surface area contributed by atoms with Gasteiger partial charge in [0.2, 0.25) is 5.95 Å². The SMILES string of the molecule is CCCC1C[C@@H](CNCC2CCC(N)CC2)C[C@H](CNc2nc(NCc3ccccc3O)ncc2F)C1. The van der Waals surface area contributed by atoms with E-state index in [-0.39, 0.29) is 11.6 Å². The molecule has 2 fully saturated rings. The van der Waals surface area contributed by atoms with Gasteiger partial charge in [-0.25, -0.2) is 9.37 Å². The Morgan fingerprint density at radius 1 is 0.946 bits per heavy atom. The number of aromatic hydroxyl groups is 1. The van der Waals surface area contributed by atoms with Crippen LogP contribution in [0.25, 0.3) is 0 Å². The van der Waals surface area contributed by atoms with Crippen molar-refractivity contribution in [3.8, 4) is 5.75 Å². The Labute approximate surface area is 221 Å². The summed E-state index contributed by atoms with van der Waals surface area (Å²) in [5.41, 5.74) is 6.80. The van der Waals surface area contributed by atoms with Crippen molar-refractivity contribution in [2.24, 2.45) is 29.4 Å². The van der Waals surface area contributed by atoms with Crippen molar-refractivity contribution in [2.75, 3.05) is 30.3 Å². The number of benzene rings is 1. The maximum Gasteiger partial charge on any atom is 0.225 e. The highest BCUT2D eigenvalue weighted by atomic mass is 19.1. The molecule has 1 unspecified atom stereocenters. The number of halogens is 1. The molecule has 0 bridgehead atoms. The van der Waals surface area contributed by atoms with Crippen molar-refractivity contribution >= 4 is 11.8 Å². The van der Waals surface area contributed by atoms with Crippen LogP contribution < -0.4 is 21.7 Å². The topological polar surface area (TPSA) is 108 Å². The third-order valence-corrected chi connectivity index (χ3v) is 8.19. The fourth-order valence-corrected chi connectivity index (χ4v) is 6.22. The zero-order valence-corrected chi connectivity index (χ0v) is 22.3. The minimum Gasteiger partial charge on any atom is -0.508 e. The summed E-state index contributed by atoms with van der Waals surface area (Å²) in [5.74, 6) is 2.99. The molecule has 6 N–H and O–H groups in total. The Bertz CT molecular complexity index is 967. The quantitative estimate of drug-likeness (QED) is 0.263. The van der Waals surface area contributed by atoms with Gasteiger partial charge in [0, 0.05) is 24.7 Å². The van der Waals surface area contributed by atoms with E-state index >= 15 is 0 Å². The molecule has 1 aromatic heterocycles. The lowest BCUT2D eigenvalue weighted by Crippen LogP contribution is -2.36. The van der Waals surface area contributed by atoms with Crippen molar-refractivity contribution in [2.45, 2.75) is 77.3 Å². The summed E-state index contributed by atoms with van der Waals surface area (Å²) in [6, 6.07) is 7.51. The summed E-state index contributed by atoms with van der Waals surface area (Å²) in [6.45, 7) is 5.52. The number of nitrogens with one attached hydrogen (secondary N) is 3. The molecule has 0 radical (unpaired) electrons. The molecule has 0 spiro atoms. The zero-order valence-electron chi connectivity index (χ0n) is 22.3. The van der Waals surface area contributed by atoms with Crippen LogP contribution in [0, 0.1) is 29.5 Å². The highest BCUT2D eigenvalue weighted by Gasteiger charge is 2.29. The minimum absolute atomic E-state index is 0.210. The molecule has 1 heterocycles. The number of anilines is 2. The Kier molecular flexibility index (Phi) is 10.4. The monoisotopic (exact) mass is 512 g/mol. The largest absolute Gasteiger partial charge is 0.508 e. The Morgan fingerprint density at radius 2 is 1.65 bits per heavy atom. The number of hydrogen-bond acceptors (Lipinski definition) is 7. The van der Waals surface area contributed by atoms with Crippen LogP contribution in [0.2, 0.25) is 0 Å². The predicted octanol–water partition coefficient (Wildman–Crippen LogP) is 5.29. The molecule has 2 saturated carbocycles. The number of phenolic OH excluding ortho intramolecular Hbond substituents is 1. The first-order valence-electron chi connectivity index (χ1n) is 14.2. The number of para-hydroxylation sites is 1. The molecular formula is C29H45FN6O. The van der Waals surface area contributed by atoms with Gasteiger partial charge >= 0.3 is 0 Å². The van der Waals surface area contributed by atoms with Crippen LogP contribution in [0.3, 0.4) is 0 Å². The summed E-state index contributed by atoms with van der Waals surface area (Å²) < 4.78 is 14.5. The molecular weight excluding hydrogens is 467 g/mol. The van der Waals surface area contributed by atoms with Crippen LogP contribution in [0.15, 0.2) is 30.5 Å². The first-order chi connectivity index (χ1) is 18.0. The summed E-state index contributed by atoms with van der Waals surface area (Å²) in [7, 11) is 0. The Morgan fingerprint density at radius 3 is 2.41 bits per heavy atom. The number of aromatic nitrogens is 2. The lowest BCUT2D eigenvalue weighted by Gasteiger charge is -2.36. The van der Waals surface area contributed by atoms with Crippen LogP contribution in [0.4, 0.5) is 16.2 Å². The second kappa shape index (κ2) is 13.9. The van der Waals surface area contributed by atoms with E-state index in [0.29, 0.717) is 36.9 Å². The van der Waals surface area contributed by atoms with Crippen molar-refractivity contribution in [1.82, 2.24) is 15.3 Å². The molecule has 0 amide bonds. The number of nitrogens with zero attached hydrogens (tertiary/aromatic N) is 2. The van der Waals surface area contributed by atoms with Crippen molar-refractivity contribution in [3.63, 3.8) is 0 Å². The minimum atomic E-state index is -0.445. The van der Waals surface area contributed by atoms with E-state index in [2.05, 4.69) is 32.8 Å².